The summed E-state index contributed by atoms with van der Waals surface area (Å²) in [5.41, 5.74) is 4.96. The highest BCUT2D eigenvalue weighted by Gasteiger charge is 2.34. The van der Waals surface area contributed by atoms with Crippen molar-refractivity contribution < 1.29 is 19.1 Å². The Morgan fingerprint density at radius 1 is 1.37 bits per heavy atom. The zero-order valence-corrected chi connectivity index (χ0v) is 11.1. The van der Waals surface area contributed by atoms with Crippen LogP contribution in [0.5, 0.6) is 0 Å². The minimum Gasteiger partial charge on any atom is -0.351 e. The molecule has 0 aromatic rings. The lowest BCUT2D eigenvalue weighted by molar-refractivity contribution is -0.129. The average molecular weight is 271 g/mol. The van der Waals surface area contributed by atoms with E-state index in [2.05, 4.69) is 5.32 Å². The molecule has 2 fully saturated rings. The molecule has 0 aromatic carbocycles. The van der Waals surface area contributed by atoms with E-state index >= 15 is 0 Å². The van der Waals surface area contributed by atoms with Gasteiger partial charge >= 0.3 is 6.03 Å². The van der Waals surface area contributed by atoms with Gasteiger partial charge in [-0.05, 0) is 26.3 Å². The van der Waals surface area contributed by atoms with Gasteiger partial charge in [-0.25, -0.2) is 4.79 Å². The van der Waals surface area contributed by atoms with E-state index in [1.165, 1.54) is 0 Å². The Morgan fingerprint density at radius 2 is 2.05 bits per heavy atom. The van der Waals surface area contributed by atoms with E-state index < -0.39 is 6.03 Å². The summed E-state index contributed by atoms with van der Waals surface area (Å²) in [5.74, 6) is -0.0820. The van der Waals surface area contributed by atoms with Crippen LogP contribution in [0.1, 0.15) is 19.8 Å². The first-order valence-corrected chi connectivity index (χ1v) is 6.65. The lowest BCUT2D eigenvalue weighted by Crippen LogP contribution is -2.52. The summed E-state index contributed by atoms with van der Waals surface area (Å²) in [5, 5.41) is 2.12. The van der Waals surface area contributed by atoms with E-state index in [1.54, 1.807) is 6.92 Å². The second-order valence-electron chi connectivity index (χ2n) is 5.04. The largest absolute Gasteiger partial charge is 0.351 e. The molecule has 0 aromatic heterocycles. The van der Waals surface area contributed by atoms with E-state index in [9.17, 15) is 9.59 Å². The number of carbonyl (C=O) groups is 2. The van der Waals surface area contributed by atoms with Crippen molar-refractivity contribution in [2.45, 2.75) is 32.1 Å². The SMILES string of the molecule is C[C@@H](C(=O)NC(N)=O)N1CCC[C@@H](C2OCCO2)C1. The molecule has 7 nitrogen and oxygen atoms in total. The molecule has 2 rings (SSSR count). The molecular weight excluding hydrogens is 250 g/mol. The van der Waals surface area contributed by atoms with Gasteiger partial charge in [-0.1, -0.05) is 0 Å². The van der Waals surface area contributed by atoms with Crippen molar-refractivity contribution in [1.82, 2.24) is 10.2 Å². The molecule has 2 aliphatic rings. The summed E-state index contributed by atoms with van der Waals surface area (Å²) < 4.78 is 11.0. The molecule has 2 heterocycles. The Labute approximate surface area is 112 Å². The first-order valence-electron chi connectivity index (χ1n) is 6.65. The number of imide groups is 1. The molecule has 2 aliphatic heterocycles. The molecule has 0 radical (unpaired) electrons. The third-order valence-electron chi connectivity index (χ3n) is 3.70. The van der Waals surface area contributed by atoms with Crippen LogP contribution in [0, 0.1) is 5.92 Å². The van der Waals surface area contributed by atoms with Crippen molar-refractivity contribution in [3.8, 4) is 0 Å². The molecule has 3 amide bonds. The lowest BCUT2D eigenvalue weighted by Gasteiger charge is -2.37. The Balaban J connectivity index is 1.88. The van der Waals surface area contributed by atoms with Gasteiger partial charge < -0.3 is 15.2 Å². The molecule has 7 heteroatoms. The predicted octanol–water partition coefficient (Wildman–Crippen LogP) is -0.345. The number of piperidine rings is 1. The minimum atomic E-state index is -0.812. The van der Waals surface area contributed by atoms with Crippen molar-refractivity contribution in [1.29, 1.82) is 0 Å². The van der Waals surface area contributed by atoms with Crippen molar-refractivity contribution in [3.05, 3.63) is 0 Å². The van der Waals surface area contributed by atoms with Crippen LogP contribution in [0.3, 0.4) is 0 Å². The topological polar surface area (TPSA) is 93.9 Å². The van der Waals surface area contributed by atoms with Gasteiger partial charge in [0, 0.05) is 12.5 Å². The second-order valence-corrected chi connectivity index (χ2v) is 5.04. The Morgan fingerprint density at radius 3 is 2.68 bits per heavy atom. The first-order chi connectivity index (χ1) is 9.08. The number of rotatable bonds is 3. The number of primary amides is 1. The number of urea groups is 1. The van der Waals surface area contributed by atoms with Gasteiger partial charge in [0.2, 0.25) is 5.91 Å². The molecule has 0 unspecified atom stereocenters. The number of amides is 3. The van der Waals surface area contributed by atoms with Crippen LogP contribution < -0.4 is 11.1 Å². The van der Waals surface area contributed by atoms with Gasteiger partial charge in [0.15, 0.2) is 6.29 Å². The molecule has 2 saturated heterocycles. The fraction of sp³-hybridized carbons (Fsp3) is 0.833. The number of hydrogen-bond acceptors (Lipinski definition) is 5. The predicted molar refractivity (Wildman–Crippen MR) is 67.2 cm³/mol. The molecule has 2 atom stereocenters. The Bertz CT molecular complexity index is 344. The van der Waals surface area contributed by atoms with Crippen LogP contribution in [0.25, 0.3) is 0 Å². The van der Waals surface area contributed by atoms with Crippen molar-refractivity contribution >= 4 is 11.9 Å². The van der Waals surface area contributed by atoms with Crippen molar-refractivity contribution in [3.63, 3.8) is 0 Å². The summed E-state index contributed by atoms with van der Waals surface area (Å²) in [6, 6.07) is -1.19. The maximum atomic E-state index is 11.8. The molecular formula is C12H21N3O4. The third kappa shape index (κ3) is 3.65. The molecule has 108 valence electrons. The van der Waals surface area contributed by atoms with Crippen LogP contribution in [0.2, 0.25) is 0 Å². The fourth-order valence-corrected chi connectivity index (χ4v) is 2.65. The zero-order chi connectivity index (χ0) is 13.8. The van der Waals surface area contributed by atoms with Gasteiger partial charge in [-0.15, -0.1) is 0 Å². The molecule has 0 bridgehead atoms. The van der Waals surface area contributed by atoms with Crippen LogP contribution in [0.15, 0.2) is 0 Å². The second kappa shape index (κ2) is 6.31. The fourth-order valence-electron chi connectivity index (χ4n) is 2.65. The number of hydrogen-bond donors (Lipinski definition) is 2. The highest BCUT2D eigenvalue weighted by Crippen LogP contribution is 2.25. The van der Waals surface area contributed by atoms with Gasteiger partial charge in [-0.3, -0.25) is 15.0 Å². The summed E-state index contributed by atoms with van der Waals surface area (Å²) in [4.78, 5) is 24.5. The molecule has 3 N–H and O–H groups in total. The highest BCUT2D eigenvalue weighted by atomic mass is 16.7. The van der Waals surface area contributed by atoms with Crippen LogP contribution in [-0.4, -0.2) is 55.5 Å². The maximum absolute atomic E-state index is 11.8. The van der Waals surface area contributed by atoms with E-state index in [4.69, 9.17) is 15.2 Å². The molecule has 0 saturated carbocycles. The summed E-state index contributed by atoms with van der Waals surface area (Å²) >= 11 is 0. The monoisotopic (exact) mass is 271 g/mol. The van der Waals surface area contributed by atoms with E-state index in [1.807, 2.05) is 4.90 Å². The first kappa shape index (κ1) is 14.2. The molecule has 0 spiro atoms. The number of ether oxygens (including phenoxy) is 2. The summed E-state index contributed by atoms with van der Waals surface area (Å²) in [6.45, 7) is 4.61. The van der Waals surface area contributed by atoms with Gasteiger partial charge in [0.1, 0.15) is 0 Å². The third-order valence-corrected chi connectivity index (χ3v) is 3.70. The van der Waals surface area contributed by atoms with E-state index in [0.29, 0.717) is 13.2 Å². The lowest BCUT2D eigenvalue weighted by atomic mass is 9.96. The Kier molecular flexibility index (Phi) is 4.73. The standard InChI is InChI=1S/C12H21N3O4/c1-8(10(16)14-12(13)17)15-4-2-3-9(7-15)11-18-5-6-19-11/h8-9,11H,2-7H2,1H3,(H3,13,14,16,17)/t8-,9+/m0/s1. The maximum Gasteiger partial charge on any atom is 0.318 e. The number of likely N-dealkylation sites (tertiary alicyclic amines) is 1. The zero-order valence-electron chi connectivity index (χ0n) is 11.1. The quantitative estimate of drug-likeness (QED) is 0.732. The van der Waals surface area contributed by atoms with Gasteiger partial charge in [-0.2, -0.15) is 0 Å². The number of nitrogens with zero attached hydrogens (tertiary/aromatic N) is 1. The van der Waals surface area contributed by atoms with E-state index in [-0.39, 0.29) is 24.2 Å². The number of nitrogens with two attached hydrogens (primary N) is 1. The van der Waals surface area contributed by atoms with Crippen LogP contribution in [0.4, 0.5) is 4.79 Å². The normalized spacial score (nSPS) is 27.1. The minimum absolute atomic E-state index is 0.158. The van der Waals surface area contributed by atoms with Gasteiger partial charge in [0.05, 0.1) is 19.3 Å². The number of carbonyl (C=O) groups excluding carboxylic acids is 2. The Hall–Kier alpha value is -1.18. The van der Waals surface area contributed by atoms with Crippen molar-refractivity contribution in [2.24, 2.45) is 11.7 Å². The summed E-state index contributed by atoms with van der Waals surface area (Å²) in [6.07, 6.45) is 1.86. The van der Waals surface area contributed by atoms with Crippen LogP contribution in [-0.2, 0) is 14.3 Å². The smallest absolute Gasteiger partial charge is 0.318 e. The number of nitrogens with one attached hydrogen (secondary N) is 1. The average Bonchev–Trinajstić information content (AvgIpc) is 2.91. The van der Waals surface area contributed by atoms with E-state index in [0.717, 1.165) is 25.9 Å². The summed E-state index contributed by atoms with van der Waals surface area (Å²) in [7, 11) is 0. The van der Waals surface area contributed by atoms with Crippen molar-refractivity contribution in [2.75, 3.05) is 26.3 Å². The molecule has 0 aliphatic carbocycles. The highest BCUT2D eigenvalue weighted by molar-refractivity contribution is 5.96. The van der Waals surface area contributed by atoms with Gasteiger partial charge in [0.25, 0.3) is 0 Å². The van der Waals surface area contributed by atoms with Crippen LogP contribution >= 0.6 is 0 Å². The molecule has 19 heavy (non-hydrogen) atoms.